The van der Waals surface area contributed by atoms with Crippen LogP contribution in [0.1, 0.15) is 16.8 Å². The van der Waals surface area contributed by atoms with Crippen LogP contribution in [0.25, 0.3) is 0 Å². The summed E-state index contributed by atoms with van der Waals surface area (Å²) in [7, 11) is 1.56. The van der Waals surface area contributed by atoms with E-state index >= 15 is 0 Å². The number of anilines is 1. The third-order valence-corrected chi connectivity index (χ3v) is 4.16. The lowest BCUT2D eigenvalue weighted by Gasteiger charge is -2.17. The fourth-order valence-electron chi connectivity index (χ4n) is 2.85. The largest absolute Gasteiger partial charge is 0.497 e. The Morgan fingerprint density at radius 2 is 2.00 bits per heavy atom. The number of hydrogen-bond acceptors (Lipinski definition) is 5. The maximum Gasteiger partial charge on any atom is 0.270 e. The van der Waals surface area contributed by atoms with Gasteiger partial charge in [-0.25, -0.2) is 0 Å². The van der Waals surface area contributed by atoms with Crippen LogP contribution < -0.4 is 15.0 Å². The van der Waals surface area contributed by atoms with Crippen LogP contribution in [0.5, 0.6) is 5.75 Å². The second-order valence-electron chi connectivity index (χ2n) is 5.88. The van der Waals surface area contributed by atoms with Crippen molar-refractivity contribution in [1.29, 1.82) is 0 Å². The number of carbonyl (C=O) groups is 2. The van der Waals surface area contributed by atoms with E-state index in [1.54, 1.807) is 36.3 Å². The quantitative estimate of drug-likeness (QED) is 0.654. The van der Waals surface area contributed by atoms with Gasteiger partial charge in [-0.15, -0.1) is 0 Å². The standard InChI is InChI=1S/C18H17N3O5/c1-26-16-7-5-14(6-8-16)20-11-13(10-17(20)22)19-18(23)12-3-2-4-15(9-12)21(24)25/h2-9,13H,10-11H2,1H3,(H,19,23)/t13-/m0/s1. The Morgan fingerprint density at radius 3 is 2.65 bits per heavy atom. The Bertz CT molecular complexity index is 850. The van der Waals surface area contributed by atoms with Crippen LogP contribution in [0.4, 0.5) is 11.4 Å². The summed E-state index contributed by atoms with van der Waals surface area (Å²) in [5.74, 6) is 0.151. The van der Waals surface area contributed by atoms with Crippen LogP contribution in [0.3, 0.4) is 0 Å². The van der Waals surface area contributed by atoms with Gasteiger partial charge in [-0.1, -0.05) is 6.07 Å². The molecule has 1 aliphatic heterocycles. The summed E-state index contributed by atoms with van der Waals surface area (Å²) in [6, 6.07) is 12.2. The molecule has 1 N–H and O–H groups in total. The Kier molecular flexibility index (Phi) is 4.83. The highest BCUT2D eigenvalue weighted by Gasteiger charge is 2.31. The average Bonchev–Trinajstić information content (AvgIpc) is 3.02. The predicted octanol–water partition coefficient (Wildman–Crippen LogP) is 2.14. The zero-order valence-corrected chi connectivity index (χ0v) is 14.0. The molecule has 1 saturated heterocycles. The normalized spacial score (nSPS) is 16.4. The molecule has 1 aliphatic rings. The van der Waals surface area contributed by atoms with Crippen molar-refractivity contribution < 1.29 is 19.2 Å². The molecule has 2 aromatic rings. The highest BCUT2D eigenvalue weighted by atomic mass is 16.6. The lowest BCUT2D eigenvalue weighted by molar-refractivity contribution is -0.384. The van der Waals surface area contributed by atoms with E-state index in [4.69, 9.17) is 4.74 Å². The number of nitro benzene ring substituents is 1. The van der Waals surface area contributed by atoms with Crippen molar-refractivity contribution in [1.82, 2.24) is 5.32 Å². The van der Waals surface area contributed by atoms with E-state index in [-0.39, 0.29) is 29.6 Å². The van der Waals surface area contributed by atoms with Crippen LogP contribution in [-0.4, -0.2) is 36.4 Å². The Morgan fingerprint density at radius 1 is 1.27 bits per heavy atom. The summed E-state index contributed by atoms with van der Waals surface area (Å²) in [6.45, 7) is 0.339. The minimum absolute atomic E-state index is 0.0977. The number of nitro groups is 1. The number of methoxy groups -OCH3 is 1. The number of amides is 2. The smallest absolute Gasteiger partial charge is 0.270 e. The maximum absolute atomic E-state index is 12.3. The Labute approximate surface area is 149 Å². The summed E-state index contributed by atoms with van der Waals surface area (Å²) in [6.07, 6.45) is 0.173. The molecule has 1 atom stereocenters. The number of non-ortho nitro benzene ring substituents is 1. The molecule has 0 radical (unpaired) electrons. The molecule has 2 amide bonds. The highest BCUT2D eigenvalue weighted by molar-refractivity contribution is 5.99. The van der Waals surface area contributed by atoms with Gasteiger partial charge in [0.05, 0.1) is 18.1 Å². The molecule has 1 fully saturated rings. The van der Waals surface area contributed by atoms with Crippen molar-refractivity contribution >= 4 is 23.2 Å². The minimum Gasteiger partial charge on any atom is -0.497 e. The van der Waals surface area contributed by atoms with Crippen LogP contribution in [0.2, 0.25) is 0 Å². The molecule has 0 saturated carbocycles. The van der Waals surface area contributed by atoms with E-state index in [1.807, 2.05) is 0 Å². The summed E-state index contributed by atoms with van der Waals surface area (Å²) < 4.78 is 5.10. The molecule has 26 heavy (non-hydrogen) atoms. The topological polar surface area (TPSA) is 102 Å². The van der Waals surface area contributed by atoms with Gasteiger partial charge in [-0.05, 0) is 30.3 Å². The van der Waals surface area contributed by atoms with Gasteiger partial charge in [-0.3, -0.25) is 19.7 Å². The van der Waals surface area contributed by atoms with Crippen LogP contribution in [0, 0.1) is 10.1 Å². The van der Waals surface area contributed by atoms with Crippen molar-refractivity contribution in [2.24, 2.45) is 0 Å². The summed E-state index contributed by atoms with van der Waals surface area (Å²) in [5, 5.41) is 13.6. The first-order valence-electron chi connectivity index (χ1n) is 7.97. The van der Waals surface area contributed by atoms with Gasteiger partial charge in [0.25, 0.3) is 11.6 Å². The SMILES string of the molecule is COc1ccc(N2C[C@@H](NC(=O)c3cccc([N+](=O)[O-])c3)CC2=O)cc1. The average molecular weight is 355 g/mol. The summed E-state index contributed by atoms with van der Waals surface area (Å²) >= 11 is 0. The lowest BCUT2D eigenvalue weighted by Crippen LogP contribution is -2.37. The second kappa shape index (κ2) is 7.22. The number of nitrogens with zero attached hydrogens (tertiary/aromatic N) is 2. The maximum atomic E-state index is 12.3. The molecule has 8 heteroatoms. The van der Waals surface area contributed by atoms with Crippen molar-refractivity contribution in [3.05, 3.63) is 64.2 Å². The number of hydrogen-bond donors (Lipinski definition) is 1. The number of carbonyl (C=O) groups excluding carboxylic acids is 2. The van der Waals surface area contributed by atoms with Gasteiger partial charge in [0, 0.05) is 36.3 Å². The number of ether oxygens (including phenoxy) is 1. The fraction of sp³-hybridized carbons (Fsp3) is 0.222. The first kappa shape index (κ1) is 17.4. The van der Waals surface area contributed by atoms with Crippen molar-refractivity contribution in [3.63, 3.8) is 0 Å². The third kappa shape index (κ3) is 3.64. The van der Waals surface area contributed by atoms with Gasteiger partial charge < -0.3 is 15.0 Å². The monoisotopic (exact) mass is 355 g/mol. The van der Waals surface area contributed by atoms with E-state index in [0.717, 1.165) is 5.69 Å². The van der Waals surface area contributed by atoms with Crippen molar-refractivity contribution in [2.75, 3.05) is 18.6 Å². The molecule has 8 nitrogen and oxygen atoms in total. The van der Waals surface area contributed by atoms with E-state index in [2.05, 4.69) is 5.32 Å². The second-order valence-corrected chi connectivity index (χ2v) is 5.88. The highest BCUT2D eigenvalue weighted by Crippen LogP contribution is 2.24. The third-order valence-electron chi connectivity index (χ3n) is 4.16. The van der Waals surface area contributed by atoms with Gasteiger partial charge in [-0.2, -0.15) is 0 Å². The molecule has 0 spiro atoms. The zero-order chi connectivity index (χ0) is 18.7. The van der Waals surface area contributed by atoms with Crippen LogP contribution in [-0.2, 0) is 4.79 Å². The van der Waals surface area contributed by atoms with Crippen molar-refractivity contribution in [2.45, 2.75) is 12.5 Å². The number of rotatable bonds is 5. The molecule has 1 heterocycles. The van der Waals surface area contributed by atoms with E-state index < -0.39 is 10.8 Å². The van der Waals surface area contributed by atoms with Gasteiger partial charge >= 0.3 is 0 Å². The number of benzene rings is 2. The molecule has 0 aromatic heterocycles. The zero-order valence-electron chi connectivity index (χ0n) is 14.0. The summed E-state index contributed by atoms with van der Waals surface area (Å²) in [4.78, 5) is 36.4. The van der Waals surface area contributed by atoms with Gasteiger partial charge in [0.1, 0.15) is 5.75 Å². The van der Waals surface area contributed by atoms with E-state index in [0.29, 0.717) is 12.3 Å². The fourth-order valence-corrected chi connectivity index (χ4v) is 2.85. The van der Waals surface area contributed by atoms with Gasteiger partial charge in [0.15, 0.2) is 0 Å². The lowest BCUT2D eigenvalue weighted by atomic mass is 10.1. The molecule has 3 rings (SSSR count). The molecule has 0 unspecified atom stereocenters. The predicted molar refractivity (Wildman–Crippen MR) is 94.3 cm³/mol. The van der Waals surface area contributed by atoms with Crippen molar-refractivity contribution in [3.8, 4) is 5.75 Å². The first-order valence-corrected chi connectivity index (χ1v) is 7.97. The Balaban J connectivity index is 1.67. The molecular formula is C18H17N3O5. The van der Waals surface area contributed by atoms with E-state index in [1.165, 1.54) is 24.3 Å². The molecule has 2 aromatic carbocycles. The molecule has 134 valence electrons. The van der Waals surface area contributed by atoms with E-state index in [9.17, 15) is 19.7 Å². The molecule has 0 aliphatic carbocycles. The summed E-state index contributed by atoms with van der Waals surface area (Å²) in [5.41, 5.74) is 0.762. The Hall–Kier alpha value is -3.42. The minimum atomic E-state index is -0.554. The van der Waals surface area contributed by atoms with Gasteiger partial charge in [0.2, 0.25) is 5.91 Å². The van der Waals surface area contributed by atoms with Crippen LogP contribution in [0.15, 0.2) is 48.5 Å². The molecule has 0 bridgehead atoms. The number of nitrogens with one attached hydrogen (secondary N) is 1. The molecular weight excluding hydrogens is 338 g/mol. The first-order chi connectivity index (χ1) is 12.5. The van der Waals surface area contributed by atoms with Crippen LogP contribution >= 0.6 is 0 Å².